The summed E-state index contributed by atoms with van der Waals surface area (Å²) in [4.78, 5) is 10.7. The summed E-state index contributed by atoms with van der Waals surface area (Å²) in [5, 5.41) is 8.85. The Morgan fingerprint density at radius 3 is 2.54 bits per heavy atom. The summed E-state index contributed by atoms with van der Waals surface area (Å²) < 4.78 is 0. The molecule has 0 aliphatic carbocycles. The van der Waals surface area contributed by atoms with Crippen LogP contribution < -0.4 is 0 Å². The molecule has 0 amide bonds. The van der Waals surface area contributed by atoms with E-state index in [-0.39, 0.29) is 5.92 Å². The molecule has 1 atom stereocenters. The van der Waals surface area contributed by atoms with E-state index in [1.807, 2.05) is 19.1 Å². The Bertz CT molecular complexity index is 161. The molecule has 0 aliphatic rings. The molecule has 0 aromatic carbocycles. The third kappa shape index (κ3) is 6.38. The number of hydrogen-bond donors (Lipinski definition) is 1. The Hall–Kier alpha value is -0.790. The molecule has 0 radical (unpaired) electrons. The van der Waals surface area contributed by atoms with Crippen LogP contribution in [0.25, 0.3) is 0 Å². The van der Waals surface area contributed by atoms with E-state index in [4.69, 9.17) is 5.11 Å². The fraction of sp³-hybridized carbons (Fsp3) is 0.727. The van der Waals surface area contributed by atoms with Gasteiger partial charge in [-0.1, -0.05) is 45.3 Å². The van der Waals surface area contributed by atoms with Gasteiger partial charge in [-0.05, 0) is 12.8 Å². The molecule has 0 rings (SSSR count). The zero-order valence-corrected chi connectivity index (χ0v) is 8.62. The highest BCUT2D eigenvalue weighted by molar-refractivity contribution is 5.72. The van der Waals surface area contributed by atoms with E-state index < -0.39 is 5.97 Å². The van der Waals surface area contributed by atoms with Crippen molar-refractivity contribution >= 4 is 5.97 Å². The predicted molar refractivity (Wildman–Crippen MR) is 54.7 cm³/mol. The van der Waals surface area contributed by atoms with Gasteiger partial charge in [0.25, 0.3) is 0 Å². The van der Waals surface area contributed by atoms with Gasteiger partial charge in [0.1, 0.15) is 0 Å². The zero-order valence-electron chi connectivity index (χ0n) is 8.62. The molecule has 0 aliphatic heterocycles. The minimum Gasteiger partial charge on any atom is -0.481 e. The minimum atomic E-state index is -0.694. The van der Waals surface area contributed by atoms with Gasteiger partial charge in [-0.2, -0.15) is 0 Å². The number of carbonyl (C=O) groups is 1. The molecule has 0 aromatic heterocycles. The summed E-state index contributed by atoms with van der Waals surface area (Å²) >= 11 is 0. The molecule has 2 nitrogen and oxygen atoms in total. The van der Waals surface area contributed by atoms with Gasteiger partial charge in [-0.3, -0.25) is 4.79 Å². The van der Waals surface area contributed by atoms with Gasteiger partial charge in [0.2, 0.25) is 0 Å². The van der Waals surface area contributed by atoms with Crippen molar-refractivity contribution in [2.45, 2.75) is 46.0 Å². The van der Waals surface area contributed by atoms with Gasteiger partial charge in [-0.15, -0.1) is 0 Å². The molecule has 0 heterocycles. The number of carboxylic acids is 1. The van der Waals surface area contributed by atoms with Crippen molar-refractivity contribution in [3.8, 4) is 0 Å². The maximum Gasteiger partial charge on any atom is 0.310 e. The molecule has 76 valence electrons. The molecule has 0 saturated carbocycles. The van der Waals surface area contributed by atoms with E-state index in [9.17, 15) is 4.79 Å². The Morgan fingerprint density at radius 1 is 1.38 bits per heavy atom. The average Bonchev–Trinajstić information content (AvgIpc) is 2.10. The number of carboxylic acid groups (broad SMARTS) is 1. The molecule has 0 aromatic rings. The molecule has 0 saturated heterocycles. The van der Waals surface area contributed by atoms with Crippen LogP contribution in [0.5, 0.6) is 0 Å². The van der Waals surface area contributed by atoms with Crippen molar-refractivity contribution in [1.29, 1.82) is 0 Å². The molecule has 1 N–H and O–H groups in total. The van der Waals surface area contributed by atoms with Crippen molar-refractivity contribution in [2.24, 2.45) is 5.92 Å². The quantitative estimate of drug-likeness (QED) is 0.487. The lowest BCUT2D eigenvalue weighted by Crippen LogP contribution is -2.10. The first kappa shape index (κ1) is 12.2. The van der Waals surface area contributed by atoms with E-state index in [1.165, 1.54) is 0 Å². The van der Waals surface area contributed by atoms with Crippen molar-refractivity contribution in [1.82, 2.24) is 0 Å². The van der Waals surface area contributed by atoms with Crippen LogP contribution in [0, 0.1) is 5.92 Å². The summed E-state index contributed by atoms with van der Waals surface area (Å²) in [6.07, 6.45) is 8.73. The Kier molecular flexibility index (Phi) is 7.36. The number of allylic oxidation sites excluding steroid dienone is 1. The highest BCUT2D eigenvalue weighted by atomic mass is 16.4. The summed E-state index contributed by atoms with van der Waals surface area (Å²) in [6.45, 7) is 4.14. The van der Waals surface area contributed by atoms with E-state index in [2.05, 4.69) is 6.92 Å². The van der Waals surface area contributed by atoms with Gasteiger partial charge in [0.05, 0.1) is 5.92 Å². The summed E-state index contributed by atoms with van der Waals surface area (Å²) in [5.41, 5.74) is 0. The predicted octanol–water partition coefficient (Wildman–Crippen LogP) is 3.23. The minimum absolute atomic E-state index is 0.272. The monoisotopic (exact) mass is 184 g/mol. The van der Waals surface area contributed by atoms with E-state index >= 15 is 0 Å². The second-order valence-corrected chi connectivity index (χ2v) is 3.28. The first-order chi connectivity index (χ1) is 6.22. The molecular formula is C11H20O2. The zero-order chi connectivity index (χ0) is 10.1. The van der Waals surface area contributed by atoms with Gasteiger partial charge < -0.3 is 5.11 Å². The third-order valence-corrected chi connectivity index (χ3v) is 2.04. The highest BCUT2D eigenvalue weighted by Crippen LogP contribution is 2.12. The molecule has 2 heteroatoms. The maximum absolute atomic E-state index is 10.7. The van der Waals surface area contributed by atoms with Crippen molar-refractivity contribution in [2.75, 3.05) is 0 Å². The van der Waals surface area contributed by atoms with Gasteiger partial charge >= 0.3 is 5.97 Å². The fourth-order valence-electron chi connectivity index (χ4n) is 1.22. The van der Waals surface area contributed by atoms with Gasteiger partial charge in [-0.25, -0.2) is 0 Å². The summed E-state index contributed by atoms with van der Waals surface area (Å²) in [7, 11) is 0. The maximum atomic E-state index is 10.7. The lowest BCUT2D eigenvalue weighted by atomic mass is 10.0. The van der Waals surface area contributed by atoms with Crippen molar-refractivity contribution < 1.29 is 9.90 Å². The van der Waals surface area contributed by atoms with Gasteiger partial charge in [0, 0.05) is 0 Å². The lowest BCUT2D eigenvalue weighted by Gasteiger charge is -2.05. The van der Waals surface area contributed by atoms with Crippen molar-refractivity contribution in [3.63, 3.8) is 0 Å². The third-order valence-electron chi connectivity index (χ3n) is 2.04. The van der Waals surface area contributed by atoms with Crippen LogP contribution >= 0.6 is 0 Å². The molecular weight excluding hydrogens is 164 g/mol. The SMILES string of the molecule is CC/C=C\C(CCCCC)C(=O)O. The number of unbranched alkanes of at least 4 members (excludes halogenated alkanes) is 2. The van der Waals surface area contributed by atoms with E-state index in [0.29, 0.717) is 0 Å². The Labute approximate surface area is 80.7 Å². The molecule has 1 unspecified atom stereocenters. The van der Waals surface area contributed by atoms with Gasteiger partial charge in [0.15, 0.2) is 0 Å². The fourth-order valence-corrected chi connectivity index (χ4v) is 1.22. The van der Waals surface area contributed by atoms with Crippen LogP contribution in [0.15, 0.2) is 12.2 Å². The van der Waals surface area contributed by atoms with Crippen molar-refractivity contribution in [3.05, 3.63) is 12.2 Å². The summed E-state index contributed by atoms with van der Waals surface area (Å²) in [5.74, 6) is -0.965. The topological polar surface area (TPSA) is 37.3 Å². The first-order valence-electron chi connectivity index (χ1n) is 5.11. The highest BCUT2D eigenvalue weighted by Gasteiger charge is 2.12. The lowest BCUT2D eigenvalue weighted by molar-refractivity contribution is -0.140. The Morgan fingerprint density at radius 2 is 2.08 bits per heavy atom. The largest absolute Gasteiger partial charge is 0.481 e. The first-order valence-corrected chi connectivity index (χ1v) is 5.11. The molecule has 0 fully saturated rings. The average molecular weight is 184 g/mol. The second-order valence-electron chi connectivity index (χ2n) is 3.28. The molecule has 13 heavy (non-hydrogen) atoms. The Balaban J connectivity index is 3.81. The standard InChI is InChI=1S/C11H20O2/c1-3-5-7-9-10(11(12)13)8-6-4-2/h6,8,10H,3-5,7,9H2,1-2H3,(H,12,13)/b8-6-. The number of aliphatic carboxylic acids is 1. The van der Waals surface area contributed by atoms with E-state index in [0.717, 1.165) is 32.1 Å². The van der Waals surface area contributed by atoms with Crippen LogP contribution in [0.4, 0.5) is 0 Å². The molecule has 0 bridgehead atoms. The normalized spacial score (nSPS) is 13.4. The van der Waals surface area contributed by atoms with E-state index in [1.54, 1.807) is 0 Å². The number of hydrogen-bond acceptors (Lipinski definition) is 1. The molecule has 0 spiro atoms. The van der Waals surface area contributed by atoms with Crippen LogP contribution in [-0.4, -0.2) is 11.1 Å². The second kappa shape index (κ2) is 7.84. The summed E-state index contributed by atoms with van der Waals surface area (Å²) in [6, 6.07) is 0. The number of rotatable bonds is 7. The van der Waals surface area contributed by atoms with Crippen LogP contribution in [0.2, 0.25) is 0 Å². The van der Waals surface area contributed by atoms with Crippen LogP contribution in [-0.2, 0) is 4.79 Å². The smallest absolute Gasteiger partial charge is 0.310 e. The van der Waals surface area contributed by atoms with Crippen LogP contribution in [0.1, 0.15) is 46.0 Å². The van der Waals surface area contributed by atoms with Crippen LogP contribution in [0.3, 0.4) is 0 Å².